The third kappa shape index (κ3) is 2.96. The van der Waals surface area contributed by atoms with Crippen LogP contribution in [-0.4, -0.2) is 27.5 Å². The first-order valence-corrected chi connectivity index (χ1v) is 5.22. The second kappa shape index (κ2) is 5.32. The summed E-state index contributed by atoms with van der Waals surface area (Å²) in [4.78, 5) is 0. The monoisotopic (exact) mass is 217 g/mol. The number of aromatic nitrogens is 3. The van der Waals surface area contributed by atoms with Crippen molar-refractivity contribution in [2.45, 2.75) is 39.8 Å². The van der Waals surface area contributed by atoms with Gasteiger partial charge in [-0.3, -0.25) is 4.57 Å². The lowest BCUT2D eigenvalue weighted by Crippen LogP contribution is -2.12. The van der Waals surface area contributed by atoms with Gasteiger partial charge in [-0.05, 0) is 25.4 Å². The first-order valence-electron chi connectivity index (χ1n) is 4.84. The molecule has 0 radical (unpaired) electrons. The van der Waals surface area contributed by atoms with E-state index in [0.717, 1.165) is 12.2 Å². The van der Waals surface area contributed by atoms with Crippen molar-refractivity contribution < 1.29 is 4.74 Å². The summed E-state index contributed by atoms with van der Waals surface area (Å²) >= 11 is 5.87. The van der Waals surface area contributed by atoms with Crippen molar-refractivity contribution in [3.63, 3.8) is 0 Å². The summed E-state index contributed by atoms with van der Waals surface area (Å²) in [5, 5.41) is 8.20. The molecule has 1 aromatic heterocycles. The second-order valence-electron chi connectivity index (χ2n) is 3.31. The minimum Gasteiger partial charge on any atom is -0.377 e. The number of halogens is 1. The minimum atomic E-state index is 0.246. The third-order valence-electron chi connectivity index (χ3n) is 1.86. The van der Waals surface area contributed by atoms with Crippen LogP contribution in [0.1, 0.15) is 26.6 Å². The first-order chi connectivity index (χ1) is 6.65. The predicted octanol–water partition coefficient (Wildman–Crippen LogP) is 1.92. The Bertz CT molecular complexity index is 286. The van der Waals surface area contributed by atoms with E-state index in [-0.39, 0.29) is 6.10 Å². The van der Waals surface area contributed by atoms with Gasteiger partial charge in [0.25, 0.3) is 0 Å². The summed E-state index contributed by atoms with van der Waals surface area (Å²) in [6.07, 6.45) is 1.08. The molecule has 1 rings (SSSR count). The maximum absolute atomic E-state index is 5.87. The molecule has 0 amide bonds. The summed E-state index contributed by atoms with van der Waals surface area (Å²) in [6, 6.07) is 0. The lowest BCUT2D eigenvalue weighted by molar-refractivity contribution is 0.0723. The van der Waals surface area contributed by atoms with E-state index in [0.29, 0.717) is 18.4 Å². The number of rotatable bonds is 5. The Kier molecular flexibility index (Phi) is 4.35. The molecule has 1 aromatic rings. The molecule has 0 aliphatic rings. The molecule has 0 bridgehead atoms. The van der Waals surface area contributed by atoms with Crippen LogP contribution in [-0.2, 0) is 17.7 Å². The van der Waals surface area contributed by atoms with E-state index < -0.39 is 0 Å². The summed E-state index contributed by atoms with van der Waals surface area (Å²) in [5.41, 5.74) is 0. The van der Waals surface area contributed by atoms with Crippen LogP contribution in [0.5, 0.6) is 0 Å². The molecule has 0 aliphatic heterocycles. The molecule has 14 heavy (non-hydrogen) atoms. The largest absolute Gasteiger partial charge is 0.377 e. The predicted molar refractivity (Wildman–Crippen MR) is 55.5 cm³/mol. The molecule has 0 saturated heterocycles. The highest BCUT2D eigenvalue weighted by atomic mass is 35.5. The molecule has 0 fully saturated rings. The van der Waals surface area contributed by atoms with Crippen LogP contribution < -0.4 is 0 Å². The van der Waals surface area contributed by atoms with Crippen LogP contribution in [0.4, 0.5) is 0 Å². The molecule has 0 aliphatic carbocycles. The van der Waals surface area contributed by atoms with Crippen LogP contribution in [0.15, 0.2) is 0 Å². The highest BCUT2D eigenvalue weighted by Gasteiger charge is 2.07. The Morgan fingerprint density at radius 3 is 2.71 bits per heavy atom. The van der Waals surface area contributed by atoms with Gasteiger partial charge < -0.3 is 4.74 Å². The Morgan fingerprint density at radius 2 is 2.14 bits per heavy atom. The Balaban J connectivity index is 2.52. The molecule has 4 nitrogen and oxygen atoms in total. The van der Waals surface area contributed by atoms with Crippen molar-refractivity contribution in [2.24, 2.45) is 0 Å². The molecular weight excluding hydrogens is 202 g/mol. The SMILES string of the molecule is CCc1nnc(Cl)n1CCOC(C)C. The number of hydrogen-bond acceptors (Lipinski definition) is 3. The fourth-order valence-corrected chi connectivity index (χ4v) is 1.40. The minimum absolute atomic E-state index is 0.246. The van der Waals surface area contributed by atoms with Crippen LogP contribution in [0.2, 0.25) is 5.28 Å². The van der Waals surface area contributed by atoms with Crippen LogP contribution in [0.3, 0.4) is 0 Å². The van der Waals surface area contributed by atoms with Crippen molar-refractivity contribution in [1.29, 1.82) is 0 Å². The summed E-state index contributed by atoms with van der Waals surface area (Å²) in [7, 11) is 0. The number of nitrogens with zero attached hydrogens (tertiary/aromatic N) is 3. The van der Waals surface area contributed by atoms with Gasteiger partial charge in [-0.25, -0.2) is 0 Å². The topological polar surface area (TPSA) is 39.9 Å². The molecule has 0 spiro atoms. The molecule has 0 saturated carbocycles. The zero-order chi connectivity index (χ0) is 10.6. The summed E-state index contributed by atoms with van der Waals surface area (Å²) < 4.78 is 7.31. The van der Waals surface area contributed by atoms with E-state index in [9.17, 15) is 0 Å². The van der Waals surface area contributed by atoms with Crippen molar-refractivity contribution in [3.05, 3.63) is 11.1 Å². The average molecular weight is 218 g/mol. The normalized spacial score (nSPS) is 11.2. The second-order valence-corrected chi connectivity index (χ2v) is 3.65. The van der Waals surface area contributed by atoms with E-state index in [1.165, 1.54) is 0 Å². The molecular formula is C9H16ClN3O. The van der Waals surface area contributed by atoms with E-state index in [2.05, 4.69) is 10.2 Å². The number of hydrogen-bond donors (Lipinski definition) is 0. The maximum Gasteiger partial charge on any atom is 0.225 e. The van der Waals surface area contributed by atoms with Gasteiger partial charge >= 0.3 is 0 Å². The highest BCUT2D eigenvalue weighted by Crippen LogP contribution is 2.08. The van der Waals surface area contributed by atoms with E-state index >= 15 is 0 Å². The van der Waals surface area contributed by atoms with Gasteiger partial charge in [0.1, 0.15) is 5.82 Å². The van der Waals surface area contributed by atoms with Gasteiger partial charge in [0.15, 0.2) is 0 Å². The molecule has 1 heterocycles. The fourth-order valence-electron chi connectivity index (χ4n) is 1.18. The van der Waals surface area contributed by atoms with Gasteiger partial charge in [-0.1, -0.05) is 6.92 Å². The smallest absolute Gasteiger partial charge is 0.225 e. The van der Waals surface area contributed by atoms with Crippen molar-refractivity contribution in [2.75, 3.05) is 6.61 Å². The van der Waals surface area contributed by atoms with Crippen LogP contribution in [0, 0.1) is 0 Å². The van der Waals surface area contributed by atoms with Gasteiger partial charge in [0.2, 0.25) is 5.28 Å². The van der Waals surface area contributed by atoms with Gasteiger partial charge in [-0.15, -0.1) is 10.2 Å². The van der Waals surface area contributed by atoms with Gasteiger partial charge in [0.05, 0.1) is 19.3 Å². The number of ether oxygens (including phenoxy) is 1. The first kappa shape index (κ1) is 11.5. The van der Waals surface area contributed by atoms with Crippen LogP contribution in [0.25, 0.3) is 0 Å². The number of aryl methyl sites for hydroxylation is 1. The standard InChI is InChI=1S/C9H16ClN3O/c1-4-8-11-12-9(10)13(8)5-6-14-7(2)3/h7H,4-6H2,1-3H3. The molecule has 0 unspecified atom stereocenters. The van der Waals surface area contributed by atoms with Gasteiger partial charge in [0, 0.05) is 6.42 Å². The van der Waals surface area contributed by atoms with E-state index in [1.54, 1.807) is 0 Å². The Hall–Kier alpha value is -0.610. The average Bonchev–Trinajstić information content (AvgIpc) is 2.47. The summed E-state index contributed by atoms with van der Waals surface area (Å²) in [5.74, 6) is 0.905. The fraction of sp³-hybridized carbons (Fsp3) is 0.778. The summed E-state index contributed by atoms with van der Waals surface area (Å²) in [6.45, 7) is 7.40. The molecule has 0 aromatic carbocycles. The molecule has 5 heteroatoms. The van der Waals surface area contributed by atoms with E-state index in [1.807, 2.05) is 25.3 Å². The quantitative estimate of drug-likeness (QED) is 0.757. The van der Waals surface area contributed by atoms with Crippen molar-refractivity contribution >= 4 is 11.6 Å². The molecule has 80 valence electrons. The third-order valence-corrected chi connectivity index (χ3v) is 2.14. The Labute approximate surface area is 89.2 Å². The molecule has 0 N–H and O–H groups in total. The maximum atomic E-state index is 5.87. The van der Waals surface area contributed by atoms with Crippen LogP contribution >= 0.6 is 11.6 Å². The Morgan fingerprint density at radius 1 is 1.43 bits per heavy atom. The van der Waals surface area contributed by atoms with Gasteiger partial charge in [-0.2, -0.15) is 0 Å². The van der Waals surface area contributed by atoms with E-state index in [4.69, 9.17) is 16.3 Å². The zero-order valence-electron chi connectivity index (χ0n) is 8.83. The lowest BCUT2D eigenvalue weighted by Gasteiger charge is -2.09. The molecule has 0 atom stereocenters. The zero-order valence-corrected chi connectivity index (χ0v) is 9.58. The highest BCUT2D eigenvalue weighted by molar-refractivity contribution is 6.28. The lowest BCUT2D eigenvalue weighted by atomic mass is 10.4. The van der Waals surface area contributed by atoms with Crippen molar-refractivity contribution in [1.82, 2.24) is 14.8 Å². The van der Waals surface area contributed by atoms with Crippen molar-refractivity contribution in [3.8, 4) is 0 Å².